The van der Waals surface area contributed by atoms with E-state index in [2.05, 4.69) is 5.16 Å². The highest BCUT2D eigenvalue weighted by Crippen LogP contribution is 2.34. The van der Waals surface area contributed by atoms with Crippen molar-refractivity contribution in [1.29, 1.82) is 0 Å². The van der Waals surface area contributed by atoms with Gasteiger partial charge in [0.25, 0.3) is 5.76 Å². The van der Waals surface area contributed by atoms with E-state index >= 15 is 0 Å². The van der Waals surface area contributed by atoms with Crippen molar-refractivity contribution in [3.8, 4) is 11.3 Å². The standard InChI is InChI=1S/C10H8F2N2OS/c11-10(12)16-8-4-2-1-3-6(8)7-5-9(13)15-14-7/h1-5,10H,13H2. The summed E-state index contributed by atoms with van der Waals surface area (Å²) in [6, 6.07) is 8.25. The molecule has 1 aromatic heterocycles. The number of rotatable bonds is 3. The monoisotopic (exact) mass is 242 g/mol. The van der Waals surface area contributed by atoms with Crippen molar-refractivity contribution in [1.82, 2.24) is 5.16 Å². The Morgan fingerprint density at radius 1 is 1.31 bits per heavy atom. The van der Waals surface area contributed by atoms with Crippen LogP contribution in [-0.4, -0.2) is 10.9 Å². The Morgan fingerprint density at radius 2 is 2.06 bits per heavy atom. The molecule has 1 aromatic carbocycles. The Bertz CT molecular complexity index is 487. The molecule has 0 saturated carbocycles. The van der Waals surface area contributed by atoms with E-state index in [0.29, 0.717) is 27.9 Å². The molecule has 1 heterocycles. The topological polar surface area (TPSA) is 52.0 Å². The van der Waals surface area contributed by atoms with Crippen LogP contribution >= 0.6 is 11.8 Å². The summed E-state index contributed by atoms with van der Waals surface area (Å²) in [6.07, 6.45) is 0. The minimum atomic E-state index is -2.47. The second-order valence-corrected chi connectivity index (χ2v) is 4.02. The fraction of sp³-hybridized carbons (Fsp3) is 0.100. The molecule has 0 radical (unpaired) electrons. The molecule has 2 aromatic rings. The van der Waals surface area contributed by atoms with Crippen LogP contribution < -0.4 is 5.73 Å². The van der Waals surface area contributed by atoms with Crippen molar-refractivity contribution >= 4 is 17.6 Å². The molecule has 0 aliphatic rings. The Hall–Kier alpha value is -1.56. The fourth-order valence-electron chi connectivity index (χ4n) is 1.29. The van der Waals surface area contributed by atoms with Crippen molar-refractivity contribution in [2.24, 2.45) is 0 Å². The first-order valence-corrected chi connectivity index (χ1v) is 5.31. The molecule has 0 fully saturated rings. The molecule has 0 atom stereocenters. The molecule has 2 rings (SSSR count). The Morgan fingerprint density at radius 3 is 2.69 bits per heavy atom. The number of nitrogens with two attached hydrogens (primary N) is 1. The Balaban J connectivity index is 2.40. The highest BCUT2D eigenvalue weighted by Gasteiger charge is 2.13. The fourth-order valence-corrected chi connectivity index (χ4v) is 1.94. The van der Waals surface area contributed by atoms with E-state index in [0.717, 1.165) is 0 Å². The number of aromatic nitrogens is 1. The van der Waals surface area contributed by atoms with Crippen LogP contribution in [0.25, 0.3) is 11.3 Å². The predicted molar refractivity (Wildman–Crippen MR) is 58.2 cm³/mol. The summed E-state index contributed by atoms with van der Waals surface area (Å²) in [5, 5.41) is 3.70. The SMILES string of the molecule is Nc1cc(-c2ccccc2SC(F)F)no1. The third-order valence-corrected chi connectivity index (χ3v) is 2.70. The van der Waals surface area contributed by atoms with Crippen molar-refractivity contribution in [2.45, 2.75) is 10.7 Å². The maximum absolute atomic E-state index is 12.3. The normalized spacial score (nSPS) is 10.9. The van der Waals surface area contributed by atoms with Crippen LogP contribution in [-0.2, 0) is 0 Å². The van der Waals surface area contributed by atoms with Gasteiger partial charge in [0, 0.05) is 16.5 Å². The Kier molecular flexibility index (Phi) is 3.09. The van der Waals surface area contributed by atoms with Gasteiger partial charge in [-0.25, -0.2) is 0 Å². The predicted octanol–water partition coefficient (Wildman–Crippen LogP) is 3.24. The van der Waals surface area contributed by atoms with Crippen LogP contribution in [0.15, 0.2) is 39.8 Å². The lowest BCUT2D eigenvalue weighted by atomic mass is 10.1. The molecule has 0 spiro atoms. The van der Waals surface area contributed by atoms with Gasteiger partial charge in [0.2, 0.25) is 5.88 Å². The second kappa shape index (κ2) is 4.52. The molecule has 84 valence electrons. The zero-order chi connectivity index (χ0) is 11.5. The summed E-state index contributed by atoms with van der Waals surface area (Å²) >= 11 is 0.473. The second-order valence-electron chi connectivity index (χ2n) is 2.99. The van der Waals surface area contributed by atoms with Crippen molar-refractivity contribution in [3.63, 3.8) is 0 Å². The van der Waals surface area contributed by atoms with Gasteiger partial charge in [-0.05, 0) is 6.07 Å². The van der Waals surface area contributed by atoms with E-state index < -0.39 is 5.76 Å². The van der Waals surface area contributed by atoms with Gasteiger partial charge in [-0.15, -0.1) is 0 Å². The first-order valence-electron chi connectivity index (χ1n) is 4.43. The first-order chi connectivity index (χ1) is 7.66. The highest BCUT2D eigenvalue weighted by molar-refractivity contribution is 7.99. The third-order valence-electron chi connectivity index (χ3n) is 1.91. The summed E-state index contributed by atoms with van der Waals surface area (Å²) in [5.41, 5.74) is 6.43. The third kappa shape index (κ3) is 2.33. The number of alkyl halides is 2. The molecule has 6 heteroatoms. The molecule has 0 aliphatic heterocycles. The average molecular weight is 242 g/mol. The molecule has 0 unspecified atom stereocenters. The lowest BCUT2D eigenvalue weighted by Gasteiger charge is -2.04. The molecule has 3 nitrogen and oxygen atoms in total. The maximum Gasteiger partial charge on any atom is 0.288 e. The summed E-state index contributed by atoms with van der Waals surface area (Å²) in [6.45, 7) is 0. The van der Waals surface area contributed by atoms with Gasteiger partial charge in [0.15, 0.2) is 0 Å². The van der Waals surface area contributed by atoms with E-state index in [4.69, 9.17) is 10.3 Å². The van der Waals surface area contributed by atoms with E-state index in [-0.39, 0.29) is 5.88 Å². The van der Waals surface area contributed by atoms with Gasteiger partial charge < -0.3 is 10.3 Å². The van der Waals surface area contributed by atoms with Crippen LogP contribution in [0.4, 0.5) is 14.7 Å². The van der Waals surface area contributed by atoms with Gasteiger partial charge in [0.1, 0.15) is 5.69 Å². The number of anilines is 1. The number of nitrogens with zero attached hydrogens (tertiary/aromatic N) is 1. The van der Waals surface area contributed by atoms with Gasteiger partial charge >= 0.3 is 0 Å². The minimum absolute atomic E-state index is 0.159. The van der Waals surface area contributed by atoms with Crippen LogP contribution in [0.1, 0.15) is 0 Å². The molecule has 2 N–H and O–H groups in total. The lowest BCUT2D eigenvalue weighted by molar-refractivity contribution is 0.252. The summed E-state index contributed by atoms with van der Waals surface area (Å²) in [4.78, 5) is 0.450. The molecule has 0 amide bonds. The number of hydrogen-bond acceptors (Lipinski definition) is 4. The van der Waals surface area contributed by atoms with E-state index in [1.807, 2.05) is 0 Å². The molecule has 0 bridgehead atoms. The minimum Gasteiger partial charge on any atom is -0.368 e. The first kappa shape index (κ1) is 10.9. The van der Waals surface area contributed by atoms with E-state index in [1.165, 1.54) is 6.07 Å². The molecule has 16 heavy (non-hydrogen) atoms. The lowest BCUT2D eigenvalue weighted by Crippen LogP contribution is -1.86. The zero-order valence-corrected chi connectivity index (χ0v) is 8.88. The number of halogens is 2. The Labute approximate surface area is 94.6 Å². The number of hydrogen-bond donors (Lipinski definition) is 1. The molecular formula is C10H8F2N2OS. The number of thioether (sulfide) groups is 1. The smallest absolute Gasteiger partial charge is 0.288 e. The van der Waals surface area contributed by atoms with E-state index in [9.17, 15) is 8.78 Å². The van der Waals surface area contributed by atoms with Crippen molar-refractivity contribution < 1.29 is 13.3 Å². The average Bonchev–Trinajstić information content (AvgIpc) is 2.65. The van der Waals surface area contributed by atoms with Crippen molar-refractivity contribution in [2.75, 3.05) is 5.73 Å². The summed E-state index contributed by atoms with van der Waals surface area (Å²) < 4.78 is 29.3. The number of nitrogen functional groups attached to an aromatic ring is 1. The van der Waals surface area contributed by atoms with Gasteiger partial charge in [-0.3, -0.25) is 0 Å². The van der Waals surface area contributed by atoms with Gasteiger partial charge in [-0.2, -0.15) is 8.78 Å². The summed E-state index contributed by atoms with van der Waals surface area (Å²) in [5.74, 6) is -2.31. The van der Waals surface area contributed by atoms with Crippen molar-refractivity contribution in [3.05, 3.63) is 30.3 Å². The maximum atomic E-state index is 12.3. The number of benzene rings is 1. The van der Waals surface area contributed by atoms with Crippen LogP contribution in [0, 0.1) is 0 Å². The van der Waals surface area contributed by atoms with Crippen LogP contribution in [0.2, 0.25) is 0 Å². The van der Waals surface area contributed by atoms with Crippen LogP contribution in [0.5, 0.6) is 0 Å². The quantitative estimate of drug-likeness (QED) is 0.839. The van der Waals surface area contributed by atoms with Gasteiger partial charge in [0.05, 0.1) is 0 Å². The largest absolute Gasteiger partial charge is 0.368 e. The highest BCUT2D eigenvalue weighted by atomic mass is 32.2. The molecule has 0 saturated heterocycles. The van der Waals surface area contributed by atoms with E-state index in [1.54, 1.807) is 24.3 Å². The summed E-state index contributed by atoms with van der Waals surface area (Å²) in [7, 11) is 0. The van der Waals surface area contributed by atoms with Gasteiger partial charge in [-0.1, -0.05) is 35.1 Å². The zero-order valence-electron chi connectivity index (χ0n) is 8.06. The van der Waals surface area contributed by atoms with Crippen LogP contribution in [0.3, 0.4) is 0 Å². The molecular weight excluding hydrogens is 234 g/mol. The molecule has 0 aliphatic carbocycles.